The van der Waals surface area contributed by atoms with Gasteiger partial charge in [-0.05, 0) is 71.3 Å². The highest BCUT2D eigenvalue weighted by Crippen LogP contribution is 2.15. The first-order chi connectivity index (χ1) is 12.2. The SMILES string of the molecule is C[C@H]1CCCCN1CCNC(=O)c1ccc(NC(=O)OC(C)(C)C)cc1. The molecule has 26 heavy (non-hydrogen) atoms. The number of rotatable bonds is 5. The zero-order chi connectivity index (χ0) is 19.2. The van der Waals surface area contributed by atoms with Gasteiger partial charge in [0.15, 0.2) is 0 Å². The van der Waals surface area contributed by atoms with Crippen LogP contribution in [-0.4, -0.2) is 48.2 Å². The lowest BCUT2D eigenvalue weighted by Gasteiger charge is -2.33. The fourth-order valence-electron chi connectivity index (χ4n) is 3.03. The zero-order valence-corrected chi connectivity index (χ0v) is 16.3. The monoisotopic (exact) mass is 361 g/mol. The standard InChI is InChI=1S/C20H31N3O3/c1-15-7-5-6-13-23(15)14-12-21-18(24)16-8-10-17(11-9-16)22-19(25)26-20(2,3)4/h8-11,15H,5-7,12-14H2,1-4H3,(H,21,24)(H,22,25)/t15-/m0/s1. The van der Waals surface area contributed by atoms with Crippen molar-refractivity contribution in [1.29, 1.82) is 0 Å². The van der Waals surface area contributed by atoms with Crippen LogP contribution in [0.3, 0.4) is 0 Å². The van der Waals surface area contributed by atoms with E-state index in [-0.39, 0.29) is 5.91 Å². The number of piperidine rings is 1. The second kappa shape index (κ2) is 9.03. The van der Waals surface area contributed by atoms with Crippen molar-refractivity contribution >= 4 is 17.7 Å². The third kappa shape index (κ3) is 6.67. The first kappa shape index (κ1) is 20.2. The Morgan fingerprint density at radius 2 is 1.88 bits per heavy atom. The van der Waals surface area contributed by atoms with Crippen molar-refractivity contribution in [1.82, 2.24) is 10.2 Å². The summed E-state index contributed by atoms with van der Waals surface area (Å²) in [7, 11) is 0. The smallest absolute Gasteiger partial charge is 0.412 e. The molecule has 1 saturated heterocycles. The van der Waals surface area contributed by atoms with E-state index in [1.165, 1.54) is 19.3 Å². The molecule has 1 aromatic carbocycles. The number of ether oxygens (including phenoxy) is 1. The molecule has 0 unspecified atom stereocenters. The van der Waals surface area contributed by atoms with Gasteiger partial charge in [-0.25, -0.2) is 4.79 Å². The Bertz CT molecular complexity index is 608. The Balaban J connectivity index is 1.78. The largest absolute Gasteiger partial charge is 0.444 e. The van der Waals surface area contributed by atoms with Gasteiger partial charge in [0, 0.05) is 30.4 Å². The molecule has 0 aliphatic carbocycles. The summed E-state index contributed by atoms with van der Waals surface area (Å²) in [6, 6.07) is 7.40. The van der Waals surface area contributed by atoms with E-state index < -0.39 is 11.7 Å². The van der Waals surface area contributed by atoms with E-state index >= 15 is 0 Å². The maximum atomic E-state index is 12.2. The molecule has 1 aliphatic heterocycles. The van der Waals surface area contributed by atoms with Crippen LogP contribution in [0.15, 0.2) is 24.3 Å². The van der Waals surface area contributed by atoms with E-state index in [2.05, 4.69) is 22.5 Å². The van der Waals surface area contributed by atoms with Gasteiger partial charge in [0.05, 0.1) is 0 Å². The molecule has 2 N–H and O–H groups in total. The number of carbonyl (C=O) groups excluding carboxylic acids is 2. The van der Waals surface area contributed by atoms with Gasteiger partial charge in [-0.2, -0.15) is 0 Å². The lowest BCUT2D eigenvalue weighted by Crippen LogP contribution is -2.42. The molecule has 0 aromatic heterocycles. The van der Waals surface area contributed by atoms with Crippen LogP contribution < -0.4 is 10.6 Å². The maximum absolute atomic E-state index is 12.2. The van der Waals surface area contributed by atoms with Gasteiger partial charge in [0.25, 0.3) is 5.91 Å². The average molecular weight is 361 g/mol. The summed E-state index contributed by atoms with van der Waals surface area (Å²) in [4.78, 5) is 26.4. The van der Waals surface area contributed by atoms with Crippen molar-refractivity contribution < 1.29 is 14.3 Å². The number of hydrogen-bond donors (Lipinski definition) is 2. The maximum Gasteiger partial charge on any atom is 0.412 e. The average Bonchev–Trinajstić information content (AvgIpc) is 2.55. The van der Waals surface area contributed by atoms with Crippen LogP contribution in [0, 0.1) is 0 Å². The Labute approximate surface area is 156 Å². The van der Waals surface area contributed by atoms with Crippen LogP contribution in [-0.2, 0) is 4.74 Å². The van der Waals surface area contributed by atoms with Crippen molar-refractivity contribution in [2.24, 2.45) is 0 Å². The van der Waals surface area contributed by atoms with E-state index in [9.17, 15) is 9.59 Å². The molecule has 6 heteroatoms. The van der Waals surface area contributed by atoms with E-state index in [1.807, 2.05) is 20.8 Å². The summed E-state index contributed by atoms with van der Waals surface area (Å²) in [5, 5.41) is 5.62. The number of benzene rings is 1. The Morgan fingerprint density at radius 3 is 2.50 bits per heavy atom. The van der Waals surface area contributed by atoms with E-state index in [0.29, 0.717) is 23.8 Å². The predicted molar refractivity (Wildman–Crippen MR) is 104 cm³/mol. The van der Waals surface area contributed by atoms with Gasteiger partial charge in [0.1, 0.15) is 5.60 Å². The Hall–Kier alpha value is -2.08. The molecule has 2 rings (SSSR count). The number of amides is 2. The number of carbonyl (C=O) groups is 2. The second-order valence-electron chi connectivity index (χ2n) is 7.84. The third-order valence-electron chi connectivity index (χ3n) is 4.42. The molecule has 6 nitrogen and oxygen atoms in total. The second-order valence-corrected chi connectivity index (χ2v) is 7.84. The fraction of sp³-hybridized carbons (Fsp3) is 0.600. The molecule has 0 spiro atoms. The predicted octanol–water partition coefficient (Wildman–Crippen LogP) is 3.64. The normalized spacial score (nSPS) is 18.2. The molecule has 144 valence electrons. The Kier molecular flexibility index (Phi) is 7.03. The minimum Gasteiger partial charge on any atom is -0.444 e. The lowest BCUT2D eigenvalue weighted by molar-refractivity contribution is 0.0635. The van der Waals surface area contributed by atoms with E-state index in [4.69, 9.17) is 4.74 Å². The van der Waals surface area contributed by atoms with Gasteiger partial charge in [-0.3, -0.25) is 15.0 Å². The van der Waals surface area contributed by atoms with Crippen molar-refractivity contribution in [3.63, 3.8) is 0 Å². The molecule has 1 heterocycles. The topological polar surface area (TPSA) is 70.7 Å². The highest BCUT2D eigenvalue weighted by Gasteiger charge is 2.18. The zero-order valence-electron chi connectivity index (χ0n) is 16.3. The van der Waals surface area contributed by atoms with Crippen LogP contribution in [0.1, 0.15) is 57.3 Å². The third-order valence-corrected chi connectivity index (χ3v) is 4.42. The van der Waals surface area contributed by atoms with Gasteiger partial charge in [-0.15, -0.1) is 0 Å². The van der Waals surface area contributed by atoms with Crippen LogP contribution in [0.25, 0.3) is 0 Å². The number of anilines is 1. The summed E-state index contributed by atoms with van der Waals surface area (Å²) in [5.41, 5.74) is 0.625. The highest BCUT2D eigenvalue weighted by atomic mass is 16.6. The number of nitrogens with zero attached hydrogens (tertiary/aromatic N) is 1. The van der Waals surface area contributed by atoms with Crippen LogP contribution in [0.2, 0.25) is 0 Å². The van der Waals surface area contributed by atoms with Gasteiger partial charge < -0.3 is 10.1 Å². The minimum atomic E-state index is -0.546. The van der Waals surface area contributed by atoms with Gasteiger partial charge >= 0.3 is 6.09 Å². The van der Waals surface area contributed by atoms with Gasteiger partial charge in [0.2, 0.25) is 0 Å². The summed E-state index contributed by atoms with van der Waals surface area (Å²) < 4.78 is 5.20. The minimum absolute atomic E-state index is 0.0986. The van der Waals surface area contributed by atoms with Crippen molar-refractivity contribution in [3.05, 3.63) is 29.8 Å². The molecule has 1 atom stereocenters. The van der Waals surface area contributed by atoms with Crippen molar-refractivity contribution in [2.75, 3.05) is 25.0 Å². The lowest BCUT2D eigenvalue weighted by atomic mass is 10.0. The van der Waals surface area contributed by atoms with Crippen molar-refractivity contribution in [3.8, 4) is 0 Å². The fourth-order valence-corrected chi connectivity index (χ4v) is 3.03. The van der Waals surface area contributed by atoms with Crippen molar-refractivity contribution in [2.45, 2.75) is 58.6 Å². The summed E-state index contributed by atoms with van der Waals surface area (Å²) in [6.07, 6.45) is 3.27. The number of nitrogens with one attached hydrogen (secondary N) is 2. The molecule has 0 bridgehead atoms. The summed E-state index contributed by atoms with van der Waals surface area (Å²) >= 11 is 0. The molecule has 2 amide bonds. The number of likely N-dealkylation sites (tertiary alicyclic amines) is 1. The highest BCUT2D eigenvalue weighted by molar-refractivity contribution is 5.95. The van der Waals surface area contributed by atoms with Crippen LogP contribution in [0.4, 0.5) is 10.5 Å². The first-order valence-electron chi connectivity index (χ1n) is 9.37. The molecule has 0 radical (unpaired) electrons. The van der Waals surface area contributed by atoms with Crippen LogP contribution >= 0.6 is 0 Å². The van der Waals surface area contributed by atoms with E-state index in [1.54, 1.807) is 24.3 Å². The molecule has 1 aromatic rings. The quantitative estimate of drug-likeness (QED) is 0.840. The Morgan fingerprint density at radius 1 is 1.19 bits per heavy atom. The number of hydrogen-bond acceptors (Lipinski definition) is 4. The molecular formula is C20H31N3O3. The molecule has 1 aliphatic rings. The molecular weight excluding hydrogens is 330 g/mol. The molecule has 1 fully saturated rings. The molecule has 0 saturated carbocycles. The summed E-state index contributed by atoms with van der Waals surface area (Å²) in [6.45, 7) is 10.3. The summed E-state index contributed by atoms with van der Waals surface area (Å²) in [5.74, 6) is -0.0986. The first-order valence-corrected chi connectivity index (χ1v) is 9.37. The van der Waals surface area contributed by atoms with Gasteiger partial charge in [-0.1, -0.05) is 6.42 Å². The van der Waals surface area contributed by atoms with Crippen LogP contribution in [0.5, 0.6) is 0 Å². The van der Waals surface area contributed by atoms with E-state index in [0.717, 1.165) is 13.1 Å².